The van der Waals surface area contributed by atoms with Gasteiger partial charge in [-0.3, -0.25) is 14.6 Å². The van der Waals surface area contributed by atoms with Crippen LogP contribution in [0.3, 0.4) is 0 Å². The fourth-order valence-corrected chi connectivity index (χ4v) is 3.95. The minimum atomic E-state index is 0. The number of aromatic nitrogens is 4. The fourth-order valence-electron chi connectivity index (χ4n) is 3.95. The van der Waals surface area contributed by atoms with E-state index in [0.717, 1.165) is 42.0 Å². The van der Waals surface area contributed by atoms with Crippen LogP contribution in [0.1, 0.15) is 23.4 Å². The number of hydrogen-bond acceptors (Lipinski definition) is 3. The summed E-state index contributed by atoms with van der Waals surface area (Å²) >= 11 is 0. The van der Waals surface area contributed by atoms with E-state index in [0.29, 0.717) is 0 Å². The highest BCUT2D eigenvalue weighted by Gasteiger charge is 2.25. The van der Waals surface area contributed by atoms with Gasteiger partial charge in [0.05, 0.1) is 11.2 Å². The molecule has 1 aliphatic rings. The molecule has 5 rings (SSSR count). The van der Waals surface area contributed by atoms with Gasteiger partial charge in [0.2, 0.25) is 0 Å². The van der Waals surface area contributed by atoms with Crippen molar-refractivity contribution in [2.75, 3.05) is 0 Å². The van der Waals surface area contributed by atoms with Crippen LogP contribution in [-0.2, 0) is 13.0 Å². The number of fused-ring (bicyclic) bond motifs is 2. The second-order valence-corrected chi connectivity index (χ2v) is 7.04. The molecule has 5 nitrogen and oxygen atoms in total. The number of rotatable bonds is 2. The van der Waals surface area contributed by atoms with Crippen LogP contribution in [0.15, 0.2) is 48.7 Å². The van der Waals surface area contributed by atoms with Crippen LogP contribution in [0.2, 0.25) is 0 Å². The zero-order valence-corrected chi connectivity index (χ0v) is 15.5. The molecule has 136 valence electrons. The topological polar surface area (TPSA) is 75.1 Å². The van der Waals surface area contributed by atoms with E-state index in [9.17, 15) is 0 Å². The Morgan fingerprint density at radius 2 is 1.93 bits per heavy atom. The van der Waals surface area contributed by atoms with Crippen LogP contribution in [0, 0.1) is 13.8 Å². The number of hydrogen-bond donors (Lipinski definition) is 0. The first-order chi connectivity index (χ1) is 12.7. The third kappa shape index (κ3) is 2.80. The first kappa shape index (κ1) is 17.4. The van der Waals surface area contributed by atoms with E-state index in [1.165, 1.54) is 27.8 Å². The van der Waals surface area contributed by atoms with E-state index >= 15 is 0 Å². The molecule has 0 bridgehead atoms. The van der Waals surface area contributed by atoms with Crippen LogP contribution in [0.25, 0.3) is 33.4 Å². The Bertz CT molecular complexity index is 1150. The predicted octanol–water partition coefficient (Wildman–Crippen LogP) is 3.90. The summed E-state index contributed by atoms with van der Waals surface area (Å²) in [5.74, 6) is 0. The van der Waals surface area contributed by atoms with Gasteiger partial charge in [-0.05, 0) is 62.6 Å². The maximum atomic E-state index is 4.94. The Labute approximate surface area is 158 Å². The molecule has 4 heterocycles. The third-order valence-electron chi connectivity index (χ3n) is 5.14. The molecule has 0 spiro atoms. The first-order valence-electron chi connectivity index (χ1n) is 9.10. The summed E-state index contributed by atoms with van der Waals surface area (Å²) < 4.78 is 2.16. The summed E-state index contributed by atoms with van der Waals surface area (Å²) in [4.78, 5) is 9.31. The minimum Gasteiger partial charge on any atom is -0.412 e. The Morgan fingerprint density at radius 3 is 2.78 bits per heavy atom. The molecule has 0 unspecified atom stereocenters. The lowest BCUT2D eigenvalue weighted by Crippen LogP contribution is -1.95. The zero-order chi connectivity index (χ0) is 17.7. The Balaban J connectivity index is 0.00000180. The van der Waals surface area contributed by atoms with Gasteiger partial charge in [0, 0.05) is 35.1 Å². The average Bonchev–Trinajstić information content (AvgIpc) is 3.22. The maximum Gasteiger partial charge on any atom is 0.119 e. The lowest BCUT2D eigenvalue weighted by atomic mass is 9.96. The quantitative estimate of drug-likeness (QED) is 0.545. The van der Waals surface area contributed by atoms with Gasteiger partial charge in [-0.1, -0.05) is 17.7 Å². The van der Waals surface area contributed by atoms with Crippen molar-refractivity contribution in [3.05, 3.63) is 65.6 Å². The van der Waals surface area contributed by atoms with Crippen LogP contribution < -0.4 is 0 Å². The molecule has 0 saturated heterocycles. The lowest BCUT2D eigenvalue weighted by Gasteiger charge is -2.09. The molecule has 0 saturated carbocycles. The van der Waals surface area contributed by atoms with E-state index in [1.807, 2.05) is 19.2 Å². The summed E-state index contributed by atoms with van der Waals surface area (Å²) in [5.41, 5.74) is 8.95. The van der Waals surface area contributed by atoms with Gasteiger partial charge < -0.3 is 5.48 Å². The summed E-state index contributed by atoms with van der Waals surface area (Å²) in [5, 5.41) is 6.13. The second-order valence-electron chi connectivity index (χ2n) is 7.04. The van der Waals surface area contributed by atoms with E-state index < -0.39 is 0 Å². The van der Waals surface area contributed by atoms with Gasteiger partial charge in [0.15, 0.2) is 0 Å². The zero-order valence-electron chi connectivity index (χ0n) is 15.5. The highest BCUT2D eigenvalue weighted by Crippen LogP contribution is 2.39. The summed E-state index contributed by atoms with van der Waals surface area (Å²) in [6.07, 6.45) is 4.11. The molecule has 1 aromatic carbocycles. The molecule has 0 aliphatic carbocycles. The minimum absolute atomic E-state index is 0. The van der Waals surface area contributed by atoms with Crippen LogP contribution in [-0.4, -0.2) is 25.2 Å². The third-order valence-corrected chi connectivity index (χ3v) is 5.14. The molecule has 27 heavy (non-hydrogen) atoms. The summed E-state index contributed by atoms with van der Waals surface area (Å²) in [6, 6.07) is 14.7. The van der Waals surface area contributed by atoms with Gasteiger partial charge in [-0.15, -0.1) is 0 Å². The number of benzene rings is 1. The van der Waals surface area contributed by atoms with Crippen molar-refractivity contribution in [2.45, 2.75) is 33.2 Å². The molecule has 0 fully saturated rings. The molecular weight excluding hydrogens is 336 g/mol. The van der Waals surface area contributed by atoms with E-state index in [2.05, 4.69) is 53.0 Å². The monoisotopic (exact) mass is 358 g/mol. The molecule has 0 radical (unpaired) electrons. The number of aryl methyl sites for hydroxylation is 3. The standard InChI is InChI=1S/C22H20N4.H2O/c1-14-8-9-18-17(13-14)16(10-11-23-18)21-20-7-4-12-26(20)25-22(21)19-6-3-5-15(2)24-19;/h3,5-6,8-11,13H,4,7,12H2,1-2H3;1H2. The SMILES string of the molecule is Cc1ccc2nccc(-c3c(-c4cccc(C)n4)nn4c3CCC4)c2c1.O. The molecule has 4 aromatic rings. The Hall–Kier alpha value is -3.05. The first-order valence-corrected chi connectivity index (χ1v) is 9.10. The fraction of sp³-hybridized carbons (Fsp3) is 0.227. The van der Waals surface area contributed by atoms with Crippen molar-refractivity contribution in [2.24, 2.45) is 0 Å². The van der Waals surface area contributed by atoms with E-state index in [-0.39, 0.29) is 5.48 Å². The van der Waals surface area contributed by atoms with Gasteiger partial charge in [0.1, 0.15) is 5.69 Å². The smallest absolute Gasteiger partial charge is 0.119 e. The molecule has 2 N–H and O–H groups in total. The number of nitrogens with zero attached hydrogens (tertiary/aromatic N) is 4. The second kappa shape index (κ2) is 6.59. The lowest BCUT2D eigenvalue weighted by molar-refractivity contribution is 0.658. The van der Waals surface area contributed by atoms with Gasteiger partial charge >= 0.3 is 0 Å². The average molecular weight is 358 g/mol. The van der Waals surface area contributed by atoms with Crippen LogP contribution in [0.4, 0.5) is 0 Å². The molecule has 1 aliphatic heterocycles. The molecule has 0 amide bonds. The van der Waals surface area contributed by atoms with Gasteiger partial charge in [-0.25, -0.2) is 0 Å². The summed E-state index contributed by atoms with van der Waals surface area (Å²) in [6.45, 7) is 5.13. The number of pyridine rings is 2. The highest BCUT2D eigenvalue weighted by atomic mass is 16.0. The van der Waals surface area contributed by atoms with Crippen molar-refractivity contribution < 1.29 is 5.48 Å². The van der Waals surface area contributed by atoms with Crippen molar-refractivity contribution in [1.82, 2.24) is 19.7 Å². The predicted molar refractivity (Wildman–Crippen MR) is 108 cm³/mol. The van der Waals surface area contributed by atoms with Crippen molar-refractivity contribution in [1.29, 1.82) is 0 Å². The van der Waals surface area contributed by atoms with Crippen LogP contribution >= 0.6 is 0 Å². The maximum absolute atomic E-state index is 4.94. The van der Waals surface area contributed by atoms with Crippen molar-refractivity contribution in [3.63, 3.8) is 0 Å². The summed E-state index contributed by atoms with van der Waals surface area (Å²) in [7, 11) is 0. The molecular formula is C22H22N4O. The van der Waals surface area contributed by atoms with Gasteiger partial charge in [-0.2, -0.15) is 5.10 Å². The van der Waals surface area contributed by atoms with Crippen molar-refractivity contribution >= 4 is 10.9 Å². The molecule has 3 aromatic heterocycles. The van der Waals surface area contributed by atoms with E-state index in [1.54, 1.807) is 0 Å². The molecule has 5 heteroatoms. The largest absolute Gasteiger partial charge is 0.412 e. The highest BCUT2D eigenvalue weighted by molar-refractivity contribution is 5.99. The molecule has 0 atom stereocenters. The Kier molecular flexibility index (Phi) is 4.24. The van der Waals surface area contributed by atoms with Crippen LogP contribution in [0.5, 0.6) is 0 Å². The van der Waals surface area contributed by atoms with E-state index in [4.69, 9.17) is 10.1 Å². The normalized spacial score (nSPS) is 12.8. The Morgan fingerprint density at radius 1 is 1.04 bits per heavy atom. The van der Waals surface area contributed by atoms with Crippen molar-refractivity contribution in [3.8, 4) is 22.5 Å². The van der Waals surface area contributed by atoms with Gasteiger partial charge in [0.25, 0.3) is 0 Å².